The Morgan fingerprint density at radius 3 is 2.20 bits per heavy atom. The van der Waals surface area contributed by atoms with Crippen molar-refractivity contribution in [1.82, 2.24) is 4.31 Å². The van der Waals surface area contributed by atoms with Gasteiger partial charge in [0.2, 0.25) is 10.0 Å². The van der Waals surface area contributed by atoms with Gasteiger partial charge in [-0.25, -0.2) is 8.42 Å². The Labute approximate surface area is 84.5 Å². The van der Waals surface area contributed by atoms with Gasteiger partial charge in [0.1, 0.15) is 6.54 Å². The van der Waals surface area contributed by atoms with Crippen LogP contribution in [0.4, 0.5) is 13.2 Å². The number of nitrogens with zero attached hydrogens (tertiary/aromatic N) is 1. The number of sulfonamides is 1. The normalized spacial score (nSPS) is 13.1. The molecule has 0 aromatic carbocycles. The number of carbonyl (C=O) groups is 1. The molecule has 0 bridgehead atoms. The quantitative estimate of drug-likeness (QED) is 0.759. The van der Waals surface area contributed by atoms with Crippen LogP contribution in [0.2, 0.25) is 0 Å². The van der Waals surface area contributed by atoms with E-state index in [0.29, 0.717) is 0 Å². The van der Waals surface area contributed by atoms with Gasteiger partial charge in [-0.2, -0.15) is 17.5 Å². The Bertz CT molecular complexity index is 324. The Morgan fingerprint density at radius 2 is 1.87 bits per heavy atom. The van der Waals surface area contributed by atoms with Gasteiger partial charge in [0, 0.05) is 7.05 Å². The zero-order valence-electron chi connectivity index (χ0n) is 7.78. The van der Waals surface area contributed by atoms with Crippen LogP contribution in [0.3, 0.4) is 0 Å². The van der Waals surface area contributed by atoms with Crippen LogP contribution in [-0.2, 0) is 14.8 Å². The van der Waals surface area contributed by atoms with Gasteiger partial charge in [-0.05, 0) is 0 Å². The van der Waals surface area contributed by atoms with Crippen molar-refractivity contribution >= 4 is 16.0 Å². The zero-order valence-corrected chi connectivity index (χ0v) is 8.60. The molecule has 0 spiro atoms. The molecule has 0 aliphatic heterocycles. The van der Waals surface area contributed by atoms with Crippen molar-refractivity contribution in [2.75, 3.05) is 19.3 Å². The molecule has 0 saturated heterocycles. The van der Waals surface area contributed by atoms with Gasteiger partial charge < -0.3 is 5.11 Å². The third-order valence-corrected chi connectivity index (χ3v) is 3.25. The summed E-state index contributed by atoms with van der Waals surface area (Å²) in [6.45, 7) is -1.62. The third-order valence-electron chi connectivity index (χ3n) is 1.45. The van der Waals surface area contributed by atoms with Crippen molar-refractivity contribution in [2.45, 2.75) is 12.6 Å². The molecule has 0 unspecified atom stereocenters. The highest BCUT2D eigenvalue weighted by molar-refractivity contribution is 7.89. The van der Waals surface area contributed by atoms with Crippen molar-refractivity contribution in [3.8, 4) is 0 Å². The lowest BCUT2D eigenvalue weighted by Crippen LogP contribution is -2.37. The summed E-state index contributed by atoms with van der Waals surface area (Å²) < 4.78 is 57.7. The Hall–Kier alpha value is -0.830. The van der Waals surface area contributed by atoms with Crippen LogP contribution in [-0.4, -0.2) is 49.3 Å². The van der Waals surface area contributed by atoms with E-state index in [1.54, 1.807) is 0 Å². The number of rotatable bonds is 5. The number of alkyl halides is 3. The van der Waals surface area contributed by atoms with Crippen LogP contribution in [0.15, 0.2) is 0 Å². The minimum Gasteiger partial charge on any atom is -0.481 e. The number of hydrogen-bond acceptors (Lipinski definition) is 3. The fourth-order valence-electron chi connectivity index (χ4n) is 0.723. The van der Waals surface area contributed by atoms with Crippen LogP contribution in [0.1, 0.15) is 6.42 Å². The van der Waals surface area contributed by atoms with Crippen molar-refractivity contribution in [1.29, 1.82) is 0 Å². The average molecular weight is 249 g/mol. The molecule has 0 rings (SSSR count). The van der Waals surface area contributed by atoms with E-state index in [-0.39, 0.29) is 4.31 Å². The lowest BCUT2D eigenvalue weighted by Gasteiger charge is -2.17. The first-order valence-electron chi connectivity index (χ1n) is 3.77. The van der Waals surface area contributed by atoms with Crippen LogP contribution < -0.4 is 0 Å². The molecule has 0 aliphatic carbocycles. The topological polar surface area (TPSA) is 74.7 Å². The van der Waals surface area contributed by atoms with E-state index < -0.39 is 40.9 Å². The monoisotopic (exact) mass is 249 g/mol. The largest absolute Gasteiger partial charge is 0.481 e. The van der Waals surface area contributed by atoms with E-state index in [4.69, 9.17) is 5.11 Å². The van der Waals surface area contributed by atoms with Crippen LogP contribution in [0, 0.1) is 0 Å². The molecule has 0 amide bonds. The highest BCUT2D eigenvalue weighted by Gasteiger charge is 2.34. The molecule has 5 nitrogen and oxygen atoms in total. The van der Waals surface area contributed by atoms with E-state index in [0.717, 1.165) is 7.05 Å². The van der Waals surface area contributed by atoms with E-state index in [1.807, 2.05) is 0 Å². The van der Waals surface area contributed by atoms with Gasteiger partial charge in [-0.1, -0.05) is 0 Å². The Kier molecular flexibility index (Phi) is 4.53. The molecular formula is C6H10F3NO4S. The van der Waals surface area contributed by atoms with Gasteiger partial charge in [0.05, 0.1) is 12.2 Å². The molecule has 0 fully saturated rings. The van der Waals surface area contributed by atoms with Crippen LogP contribution in [0.25, 0.3) is 0 Å². The SMILES string of the molecule is CN(CC(F)(F)F)S(=O)(=O)CCC(=O)O. The Morgan fingerprint density at radius 1 is 1.40 bits per heavy atom. The van der Waals surface area contributed by atoms with Crippen molar-refractivity contribution in [2.24, 2.45) is 0 Å². The second kappa shape index (κ2) is 4.79. The molecule has 90 valence electrons. The first kappa shape index (κ1) is 14.2. The molecule has 0 atom stereocenters. The molecule has 15 heavy (non-hydrogen) atoms. The van der Waals surface area contributed by atoms with Crippen molar-refractivity contribution < 1.29 is 31.5 Å². The van der Waals surface area contributed by atoms with Crippen LogP contribution >= 0.6 is 0 Å². The van der Waals surface area contributed by atoms with Gasteiger partial charge >= 0.3 is 12.1 Å². The predicted molar refractivity (Wildman–Crippen MR) is 44.7 cm³/mol. The second-order valence-electron chi connectivity index (χ2n) is 2.83. The summed E-state index contributed by atoms with van der Waals surface area (Å²) >= 11 is 0. The number of aliphatic carboxylic acids is 1. The zero-order chi connectivity index (χ0) is 12.3. The molecule has 0 aliphatic rings. The van der Waals surface area contributed by atoms with Crippen LogP contribution in [0.5, 0.6) is 0 Å². The summed E-state index contributed by atoms with van der Waals surface area (Å²) in [5.41, 5.74) is 0. The Balaban J connectivity index is 4.40. The highest BCUT2D eigenvalue weighted by atomic mass is 32.2. The lowest BCUT2D eigenvalue weighted by atomic mass is 10.5. The molecule has 0 heterocycles. The maximum Gasteiger partial charge on any atom is 0.402 e. The number of hydrogen-bond donors (Lipinski definition) is 1. The van der Waals surface area contributed by atoms with E-state index >= 15 is 0 Å². The minimum atomic E-state index is -4.63. The fourth-order valence-corrected chi connectivity index (χ4v) is 1.81. The van der Waals surface area contributed by atoms with Gasteiger partial charge in [-0.15, -0.1) is 0 Å². The maximum atomic E-state index is 11.8. The van der Waals surface area contributed by atoms with E-state index in [9.17, 15) is 26.4 Å². The number of carboxylic acid groups (broad SMARTS) is 1. The predicted octanol–water partition coefficient (Wildman–Crippen LogP) is 0.285. The molecule has 0 aromatic heterocycles. The summed E-state index contributed by atoms with van der Waals surface area (Å²) in [5.74, 6) is -2.21. The summed E-state index contributed by atoms with van der Waals surface area (Å²) in [4.78, 5) is 10.0. The first-order valence-corrected chi connectivity index (χ1v) is 5.38. The lowest BCUT2D eigenvalue weighted by molar-refractivity contribution is -0.136. The van der Waals surface area contributed by atoms with Gasteiger partial charge in [0.15, 0.2) is 0 Å². The van der Waals surface area contributed by atoms with Crippen molar-refractivity contribution in [3.63, 3.8) is 0 Å². The van der Waals surface area contributed by atoms with Gasteiger partial charge in [0.25, 0.3) is 0 Å². The second-order valence-corrected chi connectivity index (χ2v) is 5.03. The summed E-state index contributed by atoms with van der Waals surface area (Å²) in [5, 5.41) is 8.19. The summed E-state index contributed by atoms with van der Waals surface area (Å²) in [6, 6.07) is 0. The molecule has 1 N–H and O–H groups in total. The smallest absolute Gasteiger partial charge is 0.402 e. The summed E-state index contributed by atoms with van der Waals surface area (Å²) in [6.07, 6.45) is -5.35. The van der Waals surface area contributed by atoms with Gasteiger partial charge in [-0.3, -0.25) is 4.79 Å². The van der Waals surface area contributed by atoms with Crippen molar-refractivity contribution in [3.05, 3.63) is 0 Å². The average Bonchev–Trinajstić information content (AvgIpc) is 1.97. The van der Waals surface area contributed by atoms with E-state index in [1.165, 1.54) is 0 Å². The highest BCUT2D eigenvalue weighted by Crippen LogP contribution is 2.17. The molecule has 0 radical (unpaired) electrons. The maximum absolute atomic E-state index is 11.8. The standard InChI is InChI=1S/C6H10F3NO4S/c1-10(4-6(7,8)9)15(13,14)3-2-5(11)12/h2-4H2,1H3,(H,11,12). The third kappa shape index (κ3) is 6.28. The van der Waals surface area contributed by atoms with E-state index in [2.05, 4.69) is 0 Å². The fraction of sp³-hybridized carbons (Fsp3) is 0.833. The molecule has 0 aromatic rings. The summed E-state index contributed by atoms with van der Waals surface area (Å²) in [7, 11) is -3.40. The molecular weight excluding hydrogens is 239 g/mol. The molecule has 0 saturated carbocycles. The first-order chi connectivity index (χ1) is 6.54. The number of carboxylic acids is 1. The number of halogens is 3. The molecule has 9 heteroatoms. The minimum absolute atomic E-state index is 0.0932.